The van der Waals surface area contributed by atoms with E-state index >= 15 is 0 Å². The van der Waals surface area contributed by atoms with E-state index in [1.165, 1.54) is 17.8 Å². The Balaban J connectivity index is 1.88. The number of ketones is 1. The van der Waals surface area contributed by atoms with Gasteiger partial charge in [-0.05, 0) is 23.8 Å². The lowest BCUT2D eigenvalue weighted by Gasteiger charge is -2.03. The van der Waals surface area contributed by atoms with Gasteiger partial charge in [0.25, 0.3) is 0 Å². The van der Waals surface area contributed by atoms with E-state index in [-0.39, 0.29) is 18.0 Å². The standard InChI is InChI=1S/C15H13FOS/c16-15-9-5-4-6-12(15)10-13(17)11-18-14-7-2-1-3-8-14/h1-9H,10-11H2. The van der Waals surface area contributed by atoms with Gasteiger partial charge in [0.05, 0.1) is 5.75 Å². The lowest BCUT2D eigenvalue weighted by molar-refractivity contribution is -0.116. The van der Waals surface area contributed by atoms with Crippen molar-refractivity contribution in [3.8, 4) is 0 Å². The summed E-state index contributed by atoms with van der Waals surface area (Å²) in [5.74, 6) is 0.0998. The monoisotopic (exact) mass is 260 g/mol. The average Bonchev–Trinajstić information content (AvgIpc) is 2.40. The van der Waals surface area contributed by atoms with Crippen LogP contribution < -0.4 is 0 Å². The number of hydrogen-bond donors (Lipinski definition) is 0. The molecule has 0 saturated carbocycles. The first-order chi connectivity index (χ1) is 8.75. The Morgan fingerprint density at radius 3 is 2.39 bits per heavy atom. The lowest BCUT2D eigenvalue weighted by atomic mass is 10.1. The minimum absolute atomic E-state index is 0.0361. The number of carbonyl (C=O) groups is 1. The molecule has 1 nitrogen and oxygen atoms in total. The molecular weight excluding hydrogens is 247 g/mol. The molecule has 18 heavy (non-hydrogen) atoms. The summed E-state index contributed by atoms with van der Waals surface area (Å²) in [7, 11) is 0. The summed E-state index contributed by atoms with van der Waals surface area (Å²) in [5, 5.41) is 0. The minimum Gasteiger partial charge on any atom is -0.298 e. The van der Waals surface area contributed by atoms with Crippen LogP contribution in [0.2, 0.25) is 0 Å². The van der Waals surface area contributed by atoms with Gasteiger partial charge < -0.3 is 0 Å². The average molecular weight is 260 g/mol. The molecule has 0 fully saturated rings. The number of hydrogen-bond acceptors (Lipinski definition) is 2. The van der Waals surface area contributed by atoms with Crippen LogP contribution in [0, 0.1) is 5.82 Å². The van der Waals surface area contributed by atoms with E-state index in [2.05, 4.69) is 0 Å². The van der Waals surface area contributed by atoms with E-state index in [1.807, 2.05) is 30.3 Å². The quantitative estimate of drug-likeness (QED) is 0.762. The van der Waals surface area contributed by atoms with Crippen molar-refractivity contribution in [3.63, 3.8) is 0 Å². The maximum atomic E-state index is 13.4. The predicted molar refractivity (Wildman–Crippen MR) is 72.3 cm³/mol. The van der Waals surface area contributed by atoms with E-state index < -0.39 is 0 Å². The Morgan fingerprint density at radius 2 is 1.67 bits per heavy atom. The summed E-state index contributed by atoms with van der Waals surface area (Å²) in [6.07, 6.45) is 0.159. The van der Waals surface area contributed by atoms with Gasteiger partial charge in [-0.3, -0.25) is 4.79 Å². The number of carbonyl (C=O) groups excluding carboxylic acids is 1. The van der Waals surface area contributed by atoms with Gasteiger partial charge >= 0.3 is 0 Å². The summed E-state index contributed by atoms with van der Waals surface area (Å²) >= 11 is 1.48. The number of halogens is 1. The van der Waals surface area contributed by atoms with Gasteiger partial charge in [-0.1, -0.05) is 36.4 Å². The Morgan fingerprint density at radius 1 is 1.00 bits per heavy atom. The first kappa shape index (κ1) is 12.8. The molecule has 0 saturated heterocycles. The van der Waals surface area contributed by atoms with Crippen LogP contribution in [-0.4, -0.2) is 11.5 Å². The smallest absolute Gasteiger partial charge is 0.147 e. The zero-order valence-corrected chi connectivity index (χ0v) is 10.6. The summed E-state index contributed by atoms with van der Waals surface area (Å²) in [5.41, 5.74) is 0.469. The minimum atomic E-state index is -0.310. The molecule has 2 aromatic rings. The van der Waals surface area contributed by atoms with Crippen LogP contribution in [0.1, 0.15) is 5.56 Å². The highest BCUT2D eigenvalue weighted by Crippen LogP contribution is 2.18. The van der Waals surface area contributed by atoms with Crippen molar-refractivity contribution in [2.45, 2.75) is 11.3 Å². The van der Waals surface area contributed by atoms with Crippen molar-refractivity contribution in [1.29, 1.82) is 0 Å². The molecule has 0 aliphatic heterocycles. The van der Waals surface area contributed by atoms with E-state index in [1.54, 1.807) is 18.2 Å². The maximum Gasteiger partial charge on any atom is 0.147 e. The van der Waals surface area contributed by atoms with Gasteiger partial charge in [0.2, 0.25) is 0 Å². The number of rotatable bonds is 5. The van der Waals surface area contributed by atoms with Crippen LogP contribution >= 0.6 is 11.8 Å². The molecule has 92 valence electrons. The fourth-order valence-electron chi connectivity index (χ4n) is 1.59. The molecule has 0 bridgehead atoms. The molecule has 0 aliphatic carbocycles. The molecule has 0 spiro atoms. The molecule has 0 heterocycles. The molecule has 2 aromatic carbocycles. The van der Waals surface area contributed by atoms with Crippen LogP contribution in [0.3, 0.4) is 0 Å². The third-order valence-corrected chi connectivity index (χ3v) is 3.56. The Kier molecular flexibility index (Phi) is 4.53. The van der Waals surface area contributed by atoms with Crippen LogP contribution in [0.25, 0.3) is 0 Å². The number of Topliss-reactive ketones (excluding diaryl/α,β-unsaturated/α-hetero) is 1. The van der Waals surface area contributed by atoms with Gasteiger partial charge in [-0.25, -0.2) is 4.39 Å². The van der Waals surface area contributed by atoms with Gasteiger partial charge in [-0.2, -0.15) is 0 Å². The highest BCUT2D eigenvalue weighted by Gasteiger charge is 2.08. The SMILES string of the molecule is O=C(CSc1ccccc1)Cc1ccccc1F. The molecule has 2 rings (SSSR count). The zero-order valence-electron chi connectivity index (χ0n) is 9.80. The van der Waals surface area contributed by atoms with Gasteiger partial charge in [0, 0.05) is 11.3 Å². The summed E-state index contributed by atoms with van der Waals surface area (Å²) in [6.45, 7) is 0. The van der Waals surface area contributed by atoms with Crippen LogP contribution in [0.5, 0.6) is 0 Å². The van der Waals surface area contributed by atoms with Crippen LogP contribution in [-0.2, 0) is 11.2 Å². The van der Waals surface area contributed by atoms with Crippen molar-refractivity contribution in [3.05, 3.63) is 66.0 Å². The van der Waals surface area contributed by atoms with Gasteiger partial charge in [0.15, 0.2) is 0 Å². The molecule has 0 unspecified atom stereocenters. The molecular formula is C15H13FOS. The zero-order chi connectivity index (χ0) is 12.8. The first-order valence-electron chi connectivity index (χ1n) is 5.68. The predicted octanol–water partition coefficient (Wildman–Crippen LogP) is 3.73. The van der Waals surface area contributed by atoms with E-state index in [9.17, 15) is 9.18 Å². The largest absolute Gasteiger partial charge is 0.298 e. The van der Waals surface area contributed by atoms with Crippen LogP contribution in [0.15, 0.2) is 59.5 Å². The summed E-state index contributed by atoms with van der Waals surface area (Å²) in [6, 6.07) is 16.1. The highest BCUT2D eigenvalue weighted by molar-refractivity contribution is 8.00. The normalized spacial score (nSPS) is 10.3. The summed E-state index contributed by atoms with van der Waals surface area (Å²) < 4.78 is 13.4. The van der Waals surface area contributed by atoms with Gasteiger partial charge in [-0.15, -0.1) is 11.8 Å². The first-order valence-corrected chi connectivity index (χ1v) is 6.67. The molecule has 0 amide bonds. The van der Waals surface area contributed by atoms with Crippen molar-refractivity contribution in [1.82, 2.24) is 0 Å². The fourth-order valence-corrected chi connectivity index (χ4v) is 2.37. The van der Waals surface area contributed by atoms with Crippen LogP contribution in [0.4, 0.5) is 4.39 Å². The molecule has 0 atom stereocenters. The molecule has 0 aromatic heterocycles. The second kappa shape index (κ2) is 6.36. The fraction of sp³-hybridized carbons (Fsp3) is 0.133. The van der Waals surface area contributed by atoms with E-state index in [0.717, 1.165) is 4.90 Å². The lowest BCUT2D eigenvalue weighted by Crippen LogP contribution is -2.07. The van der Waals surface area contributed by atoms with Crippen molar-refractivity contribution >= 4 is 17.5 Å². The third kappa shape index (κ3) is 3.70. The molecule has 0 radical (unpaired) electrons. The number of benzene rings is 2. The van der Waals surface area contributed by atoms with Crippen molar-refractivity contribution < 1.29 is 9.18 Å². The Hall–Kier alpha value is -1.61. The Bertz CT molecular complexity index is 525. The third-order valence-electron chi connectivity index (χ3n) is 2.49. The molecule has 0 aliphatic rings. The van der Waals surface area contributed by atoms with Crippen molar-refractivity contribution in [2.75, 3.05) is 5.75 Å². The number of thioether (sulfide) groups is 1. The Labute approximate surface area is 110 Å². The second-order valence-corrected chi connectivity index (χ2v) is 4.96. The van der Waals surface area contributed by atoms with E-state index in [0.29, 0.717) is 11.3 Å². The van der Waals surface area contributed by atoms with Crippen molar-refractivity contribution in [2.24, 2.45) is 0 Å². The molecule has 3 heteroatoms. The molecule has 0 N–H and O–H groups in total. The second-order valence-electron chi connectivity index (χ2n) is 3.91. The van der Waals surface area contributed by atoms with E-state index in [4.69, 9.17) is 0 Å². The van der Waals surface area contributed by atoms with Gasteiger partial charge in [0.1, 0.15) is 11.6 Å². The highest BCUT2D eigenvalue weighted by atomic mass is 32.2. The summed E-state index contributed by atoms with van der Waals surface area (Å²) in [4.78, 5) is 12.8. The maximum absolute atomic E-state index is 13.4. The topological polar surface area (TPSA) is 17.1 Å².